The molecule has 1 aromatic heterocycles. The average Bonchev–Trinajstić information content (AvgIpc) is 3.11. The minimum Gasteiger partial charge on any atom is -0.342 e. The number of fused-ring (bicyclic) bond motifs is 1. The van der Waals surface area contributed by atoms with Crippen molar-refractivity contribution in [3.63, 3.8) is 0 Å². The van der Waals surface area contributed by atoms with E-state index in [-0.39, 0.29) is 16.7 Å². The van der Waals surface area contributed by atoms with E-state index in [1.807, 2.05) is 18.0 Å². The molecule has 1 atom stereocenters. The number of nitrogens with zero attached hydrogens (tertiary/aromatic N) is 4. The zero-order valence-corrected chi connectivity index (χ0v) is 16.5. The van der Waals surface area contributed by atoms with Gasteiger partial charge < -0.3 is 10.2 Å². The molecule has 1 amide bonds. The topological polar surface area (TPSA) is 96.7 Å². The number of hydrogen-bond acceptors (Lipinski definition) is 5. The van der Waals surface area contributed by atoms with Gasteiger partial charge >= 0.3 is 0 Å². The number of anilines is 1. The molecule has 0 aliphatic carbocycles. The van der Waals surface area contributed by atoms with Gasteiger partial charge in [0.05, 0.1) is 11.9 Å². The van der Waals surface area contributed by atoms with Gasteiger partial charge in [0.2, 0.25) is 5.91 Å². The van der Waals surface area contributed by atoms with Crippen LogP contribution in [-0.2, 0) is 21.4 Å². The smallest absolute Gasteiger partial charge is 0.286 e. The molecule has 0 bridgehead atoms. The van der Waals surface area contributed by atoms with E-state index in [1.54, 1.807) is 35.1 Å². The van der Waals surface area contributed by atoms with Gasteiger partial charge in [0.15, 0.2) is 0 Å². The molecule has 0 radical (unpaired) electrons. The van der Waals surface area contributed by atoms with E-state index < -0.39 is 10.0 Å². The third-order valence-corrected chi connectivity index (χ3v) is 6.47. The van der Waals surface area contributed by atoms with Crippen LogP contribution in [0.25, 0.3) is 0 Å². The molecule has 0 saturated carbocycles. The van der Waals surface area contributed by atoms with Crippen molar-refractivity contribution >= 4 is 27.5 Å². The SMILES string of the molecule is Cc1cnn(CCC(=O)N2CCC[C@@H](C3=NS(=O)(=O)c4ccccc4N3)C2)c1. The Morgan fingerprint density at radius 2 is 2.14 bits per heavy atom. The highest BCUT2D eigenvalue weighted by atomic mass is 32.2. The van der Waals surface area contributed by atoms with Gasteiger partial charge in [0.1, 0.15) is 10.7 Å². The van der Waals surface area contributed by atoms with Crippen LogP contribution in [0.3, 0.4) is 0 Å². The van der Waals surface area contributed by atoms with Gasteiger partial charge in [-0.2, -0.15) is 13.5 Å². The van der Waals surface area contributed by atoms with Gasteiger partial charge in [-0.15, -0.1) is 4.40 Å². The molecule has 1 aromatic carbocycles. The Morgan fingerprint density at radius 3 is 2.93 bits per heavy atom. The van der Waals surface area contributed by atoms with Gasteiger partial charge in [0, 0.05) is 38.2 Å². The van der Waals surface area contributed by atoms with Crippen molar-refractivity contribution in [3.05, 3.63) is 42.2 Å². The maximum atomic E-state index is 12.6. The summed E-state index contributed by atoms with van der Waals surface area (Å²) >= 11 is 0. The molecule has 9 heteroatoms. The van der Waals surface area contributed by atoms with E-state index in [4.69, 9.17) is 0 Å². The Balaban J connectivity index is 1.44. The Kier molecular flexibility index (Phi) is 4.92. The number of carbonyl (C=O) groups is 1. The number of para-hydroxylation sites is 1. The van der Waals surface area contributed by atoms with Crippen molar-refractivity contribution in [3.8, 4) is 0 Å². The molecule has 1 saturated heterocycles. The molecular weight excluding hydrogens is 378 g/mol. The molecule has 3 heterocycles. The summed E-state index contributed by atoms with van der Waals surface area (Å²) in [6.45, 7) is 3.66. The van der Waals surface area contributed by atoms with Crippen LogP contribution in [0, 0.1) is 12.8 Å². The zero-order chi connectivity index (χ0) is 19.7. The Morgan fingerprint density at radius 1 is 1.32 bits per heavy atom. The van der Waals surface area contributed by atoms with Gasteiger partial charge in [-0.25, -0.2) is 0 Å². The zero-order valence-electron chi connectivity index (χ0n) is 15.7. The minimum absolute atomic E-state index is 0.0533. The van der Waals surface area contributed by atoms with Crippen LogP contribution >= 0.6 is 0 Å². The predicted octanol–water partition coefficient (Wildman–Crippen LogP) is 2.03. The molecule has 1 N–H and O–H groups in total. The monoisotopic (exact) mass is 401 g/mol. The third kappa shape index (κ3) is 3.80. The second-order valence-electron chi connectivity index (χ2n) is 7.28. The van der Waals surface area contributed by atoms with E-state index in [1.165, 1.54) is 0 Å². The van der Waals surface area contributed by atoms with Crippen molar-refractivity contribution < 1.29 is 13.2 Å². The first-order valence-corrected chi connectivity index (χ1v) is 10.8. The first-order valence-electron chi connectivity index (χ1n) is 9.40. The van der Waals surface area contributed by atoms with E-state index in [2.05, 4.69) is 14.8 Å². The molecule has 0 unspecified atom stereocenters. The number of likely N-dealkylation sites (tertiary alicyclic amines) is 1. The van der Waals surface area contributed by atoms with E-state index in [0.29, 0.717) is 37.6 Å². The van der Waals surface area contributed by atoms with E-state index in [9.17, 15) is 13.2 Å². The molecule has 2 aliphatic heterocycles. The first-order chi connectivity index (χ1) is 13.4. The lowest BCUT2D eigenvalue weighted by atomic mass is 9.96. The van der Waals surface area contributed by atoms with E-state index >= 15 is 0 Å². The Hall–Kier alpha value is -2.68. The molecule has 1 fully saturated rings. The second-order valence-corrected chi connectivity index (χ2v) is 8.85. The highest BCUT2D eigenvalue weighted by Crippen LogP contribution is 2.30. The number of piperidine rings is 1. The van der Waals surface area contributed by atoms with Gasteiger partial charge in [-0.05, 0) is 37.5 Å². The first kappa shape index (κ1) is 18.7. The van der Waals surface area contributed by atoms with Gasteiger partial charge in [-0.1, -0.05) is 12.1 Å². The lowest BCUT2D eigenvalue weighted by Crippen LogP contribution is -2.44. The molecule has 8 nitrogen and oxygen atoms in total. The maximum absolute atomic E-state index is 12.6. The summed E-state index contributed by atoms with van der Waals surface area (Å²) in [4.78, 5) is 14.6. The number of aryl methyl sites for hydroxylation is 2. The molecule has 4 rings (SSSR count). The lowest BCUT2D eigenvalue weighted by Gasteiger charge is -2.34. The lowest BCUT2D eigenvalue weighted by molar-refractivity contribution is -0.132. The largest absolute Gasteiger partial charge is 0.342 e. The van der Waals surface area contributed by atoms with Crippen molar-refractivity contribution in [2.75, 3.05) is 18.4 Å². The highest BCUT2D eigenvalue weighted by Gasteiger charge is 2.32. The molecule has 0 spiro atoms. The quantitative estimate of drug-likeness (QED) is 0.846. The normalized spacial score (nSPS) is 20.8. The molecular formula is C19H23N5O3S. The van der Waals surface area contributed by atoms with Crippen LogP contribution in [0.1, 0.15) is 24.8 Å². The number of nitrogens with one attached hydrogen (secondary N) is 1. The number of carbonyl (C=O) groups excluding carboxylic acids is 1. The van der Waals surface area contributed by atoms with Crippen LogP contribution in [0.5, 0.6) is 0 Å². The summed E-state index contributed by atoms with van der Waals surface area (Å²) in [6, 6.07) is 6.75. The number of benzene rings is 1. The van der Waals surface area contributed by atoms with Crippen molar-refractivity contribution in [1.29, 1.82) is 0 Å². The molecule has 2 aliphatic rings. The predicted molar refractivity (Wildman–Crippen MR) is 106 cm³/mol. The summed E-state index contributed by atoms with van der Waals surface area (Å²) in [5, 5.41) is 7.37. The van der Waals surface area contributed by atoms with Crippen molar-refractivity contribution in [2.24, 2.45) is 10.3 Å². The highest BCUT2D eigenvalue weighted by molar-refractivity contribution is 7.90. The minimum atomic E-state index is -3.71. The van der Waals surface area contributed by atoms with Crippen LogP contribution < -0.4 is 5.32 Å². The summed E-state index contributed by atoms with van der Waals surface area (Å²) in [6.07, 6.45) is 5.67. The van der Waals surface area contributed by atoms with Gasteiger partial charge in [0.25, 0.3) is 10.0 Å². The second kappa shape index (κ2) is 7.38. The molecule has 148 valence electrons. The van der Waals surface area contributed by atoms with Crippen LogP contribution in [0.2, 0.25) is 0 Å². The Bertz CT molecular complexity index is 1030. The maximum Gasteiger partial charge on any atom is 0.286 e. The number of hydrogen-bond donors (Lipinski definition) is 1. The molecule has 2 aromatic rings. The summed E-state index contributed by atoms with van der Waals surface area (Å²) in [7, 11) is -3.71. The Labute approximate surface area is 164 Å². The number of aromatic nitrogens is 2. The number of amides is 1. The summed E-state index contributed by atoms with van der Waals surface area (Å²) in [5.41, 5.74) is 1.61. The number of sulfonamides is 1. The molecule has 28 heavy (non-hydrogen) atoms. The average molecular weight is 401 g/mol. The van der Waals surface area contributed by atoms with E-state index in [0.717, 1.165) is 18.4 Å². The van der Waals surface area contributed by atoms with Crippen LogP contribution in [0.4, 0.5) is 5.69 Å². The fourth-order valence-electron chi connectivity index (χ4n) is 3.70. The van der Waals surface area contributed by atoms with Crippen LogP contribution in [0.15, 0.2) is 46.0 Å². The number of rotatable bonds is 4. The fraction of sp³-hybridized carbons (Fsp3) is 0.421. The van der Waals surface area contributed by atoms with Gasteiger partial charge in [-0.3, -0.25) is 9.48 Å². The summed E-state index contributed by atoms with van der Waals surface area (Å²) < 4.78 is 30.7. The summed E-state index contributed by atoms with van der Waals surface area (Å²) in [5.74, 6) is 0.365. The fourth-order valence-corrected chi connectivity index (χ4v) is 4.89. The van der Waals surface area contributed by atoms with Crippen molar-refractivity contribution in [1.82, 2.24) is 14.7 Å². The van der Waals surface area contributed by atoms with Crippen molar-refractivity contribution in [2.45, 2.75) is 37.6 Å². The third-order valence-electron chi connectivity index (χ3n) is 5.12. The standard InChI is InChI=1S/C19H23N5O3S/c1-14-11-20-24(12-14)10-8-18(25)23-9-4-5-15(13-23)19-21-16-6-2-3-7-17(16)28(26,27)22-19/h2-3,6-7,11-12,15H,4-5,8-10,13H2,1H3,(H,21,22)/t15-/m1/s1. The van der Waals surface area contributed by atoms with Crippen LogP contribution in [-0.4, -0.2) is 47.9 Å². The number of amidine groups is 1.